The van der Waals surface area contributed by atoms with Crippen LogP contribution in [-0.4, -0.2) is 21.9 Å². The maximum Gasteiger partial charge on any atom is 0.223 e. The molecule has 0 fully saturated rings. The summed E-state index contributed by atoms with van der Waals surface area (Å²) in [5.74, 6) is 0.607. The quantitative estimate of drug-likeness (QED) is 0.420. The average molecular weight is 293 g/mol. The van der Waals surface area contributed by atoms with Gasteiger partial charge in [-0.05, 0) is 12.1 Å². The fourth-order valence-electron chi connectivity index (χ4n) is 2.12. The molecule has 0 saturated carbocycles. The highest BCUT2D eigenvalue weighted by Gasteiger charge is 2.08. The number of aromatic nitrogens is 2. The largest absolute Gasteiger partial charge is 0.370 e. The van der Waals surface area contributed by atoms with E-state index >= 15 is 0 Å². The molecule has 7 heteroatoms. The fraction of sp³-hybridized carbons (Fsp3) is 0. The van der Waals surface area contributed by atoms with Crippen molar-refractivity contribution in [2.45, 2.75) is 0 Å². The molecule has 0 aliphatic carbocycles. The van der Waals surface area contributed by atoms with Crippen molar-refractivity contribution in [3.63, 3.8) is 0 Å². The van der Waals surface area contributed by atoms with Gasteiger partial charge in [0, 0.05) is 5.56 Å². The lowest BCUT2D eigenvalue weighted by Gasteiger charge is -1.97. The van der Waals surface area contributed by atoms with E-state index in [9.17, 15) is 0 Å². The molecule has 0 aliphatic heterocycles. The van der Waals surface area contributed by atoms with Gasteiger partial charge in [-0.1, -0.05) is 36.4 Å². The number of aliphatic imine (C=N–C) groups is 2. The van der Waals surface area contributed by atoms with Crippen molar-refractivity contribution in [1.29, 1.82) is 0 Å². The summed E-state index contributed by atoms with van der Waals surface area (Å²) in [6.45, 7) is 0. The molecule has 2 aromatic carbocycles. The minimum absolute atomic E-state index is 0.0169. The Morgan fingerprint density at radius 1 is 0.955 bits per heavy atom. The summed E-state index contributed by atoms with van der Waals surface area (Å²) >= 11 is 0. The summed E-state index contributed by atoms with van der Waals surface area (Å²) < 4.78 is 0. The number of rotatable bonds is 2. The van der Waals surface area contributed by atoms with Gasteiger partial charge in [-0.15, -0.1) is 0 Å². The molecule has 0 radical (unpaired) electrons. The molecule has 0 atom stereocenters. The van der Waals surface area contributed by atoms with Gasteiger partial charge >= 0.3 is 0 Å². The van der Waals surface area contributed by atoms with Gasteiger partial charge < -0.3 is 22.2 Å². The van der Waals surface area contributed by atoms with Gasteiger partial charge in [0.25, 0.3) is 0 Å². The van der Waals surface area contributed by atoms with Crippen LogP contribution in [0.4, 0.5) is 5.69 Å². The summed E-state index contributed by atoms with van der Waals surface area (Å²) in [6, 6.07) is 15.4. The summed E-state index contributed by atoms with van der Waals surface area (Å²) in [6.07, 6.45) is 0. The summed E-state index contributed by atoms with van der Waals surface area (Å²) in [5.41, 5.74) is 19.4. The van der Waals surface area contributed by atoms with Crippen LogP contribution in [0, 0.1) is 0 Å². The monoisotopic (exact) mass is 293 g/mol. The first-order valence-electron chi connectivity index (χ1n) is 6.61. The Hall–Kier alpha value is -3.35. The van der Waals surface area contributed by atoms with E-state index in [-0.39, 0.29) is 11.9 Å². The molecular weight excluding hydrogens is 278 g/mol. The van der Waals surface area contributed by atoms with Crippen molar-refractivity contribution in [1.82, 2.24) is 9.97 Å². The molecule has 0 spiro atoms. The van der Waals surface area contributed by atoms with Crippen LogP contribution in [0.1, 0.15) is 0 Å². The Bertz CT molecular complexity index is 858. The standard InChI is InChI=1S/C15H15N7/c16-14(17)22-15(18)20-11-8-4-7-10-12(11)21-13(19-10)9-5-2-1-3-6-9/h1-8H,(H,19,21)(H6,16,17,18,20,22). The van der Waals surface area contributed by atoms with Crippen LogP contribution in [-0.2, 0) is 0 Å². The first kappa shape index (κ1) is 13.6. The van der Waals surface area contributed by atoms with Crippen LogP contribution in [0.25, 0.3) is 22.4 Å². The molecule has 7 nitrogen and oxygen atoms in total. The Kier molecular flexibility index (Phi) is 3.45. The number of hydrogen-bond acceptors (Lipinski definition) is 2. The lowest BCUT2D eigenvalue weighted by molar-refractivity contribution is 1.33. The molecule has 0 aliphatic rings. The maximum absolute atomic E-state index is 5.68. The molecule has 110 valence electrons. The lowest BCUT2D eigenvalue weighted by atomic mass is 10.2. The van der Waals surface area contributed by atoms with E-state index in [4.69, 9.17) is 17.2 Å². The van der Waals surface area contributed by atoms with E-state index in [0.717, 1.165) is 16.9 Å². The van der Waals surface area contributed by atoms with Crippen LogP contribution < -0.4 is 17.2 Å². The number of nitrogens with two attached hydrogens (primary N) is 3. The first-order valence-corrected chi connectivity index (χ1v) is 6.61. The molecule has 1 heterocycles. The molecule has 0 unspecified atom stereocenters. The van der Waals surface area contributed by atoms with E-state index in [2.05, 4.69) is 20.0 Å². The zero-order valence-corrected chi connectivity index (χ0v) is 11.7. The van der Waals surface area contributed by atoms with Crippen molar-refractivity contribution in [3.05, 3.63) is 48.5 Å². The minimum atomic E-state index is -0.138. The fourth-order valence-corrected chi connectivity index (χ4v) is 2.12. The zero-order chi connectivity index (χ0) is 15.5. The molecule has 3 rings (SSSR count). The van der Waals surface area contributed by atoms with Crippen LogP contribution in [0.15, 0.2) is 58.5 Å². The highest BCUT2D eigenvalue weighted by molar-refractivity contribution is 5.97. The number of H-pyrrole nitrogens is 1. The van der Waals surface area contributed by atoms with Crippen LogP contribution >= 0.6 is 0 Å². The van der Waals surface area contributed by atoms with Crippen LogP contribution in [0.3, 0.4) is 0 Å². The number of guanidine groups is 2. The lowest BCUT2D eigenvalue weighted by Crippen LogP contribution is -2.26. The second kappa shape index (κ2) is 5.57. The average Bonchev–Trinajstić information content (AvgIpc) is 2.92. The zero-order valence-electron chi connectivity index (χ0n) is 11.7. The van der Waals surface area contributed by atoms with Crippen LogP contribution in [0.5, 0.6) is 0 Å². The second-order valence-corrected chi connectivity index (χ2v) is 4.63. The normalized spacial score (nSPS) is 11.5. The number of para-hydroxylation sites is 1. The van der Waals surface area contributed by atoms with E-state index < -0.39 is 0 Å². The van der Waals surface area contributed by atoms with E-state index in [0.29, 0.717) is 11.2 Å². The SMILES string of the molecule is NC(N)=NC(N)=Nc1cccc2[nH]c(-c3ccccc3)nc12. The number of imidazole rings is 1. The number of aromatic amines is 1. The number of fused-ring (bicyclic) bond motifs is 1. The van der Waals surface area contributed by atoms with Crippen LogP contribution in [0.2, 0.25) is 0 Å². The predicted molar refractivity (Wildman–Crippen MR) is 88.6 cm³/mol. The van der Waals surface area contributed by atoms with E-state index in [1.807, 2.05) is 42.5 Å². The molecule has 0 bridgehead atoms. The van der Waals surface area contributed by atoms with Crippen molar-refractivity contribution in [2.24, 2.45) is 27.2 Å². The van der Waals surface area contributed by atoms with Gasteiger partial charge in [0.2, 0.25) is 5.96 Å². The topological polar surface area (TPSA) is 131 Å². The van der Waals surface area contributed by atoms with Crippen molar-refractivity contribution >= 4 is 28.6 Å². The molecule has 0 amide bonds. The van der Waals surface area contributed by atoms with Gasteiger partial charge in [-0.3, -0.25) is 0 Å². The first-order chi connectivity index (χ1) is 10.6. The number of nitrogens with one attached hydrogen (secondary N) is 1. The molecule has 0 saturated heterocycles. The third kappa shape index (κ3) is 2.73. The minimum Gasteiger partial charge on any atom is -0.370 e. The molecule has 1 aromatic heterocycles. The smallest absolute Gasteiger partial charge is 0.223 e. The Morgan fingerprint density at radius 3 is 2.45 bits per heavy atom. The summed E-state index contributed by atoms with van der Waals surface area (Å²) in [4.78, 5) is 15.8. The van der Waals surface area contributed by atoms with Crippen molar-refractivity contribution in [3.8, 4) is 11.4 Å². The molecular formula is C15H15N7. The van der Waals surface area contributed by atoms with Gasteiger partial charge in [0.15, 0.2) is 5.96 Å². The third-order valence-corrected chi connectivity index (χ3v) is 3.02. The van der Waals surface area contributed by atoms with Gasteiger partial charge in [0.1, 0.15) is 11.3 Å². The number of hydrogen-bond donors (Lipinski definition) is 4. The van der Waals surface area contributed by atoms with Gasteiger partial charge in [0.05, 0.1) is 11.2 Å². The molecule has 7 N–H and O–H groups in total. The van der Waals surface area contributed by atoms with E-state index in [1.54, 1.807) is 6.07 Å². The maximum atomic E-state index is 5.68. The highest BCUT2D eigenvalue weighted by atomic mass is 15.1. The molecule has 3 aromatic rings. The van der Waals surface area contributed by atoms with Crippen molar-refractivity contribution < 1.29 is 0 Å². The summed E-state index contributed by atoms with van der Waals surface area (Å²) in [7, 11) is 0. The second-order valence-electron chi connectivity index (χ2n) is 4.63. The predicted octanol–water partition coefficient (Wildman–Crippen LogP) is 1.45. The number of benzene rings is 2. The number of nitrogens with zero attached hydrogens (tertiary/aromatic N) is 3. The van der Waals surface area contributed by atoms with Gasteiger partial charge in [-0.25, -0.2) is 9.98 Å². The summed E-state index contributed by atoms with van der Waals surface area (Å²) in [5, 5.41) is 0. The third-order valence-electron chi connectivity index (χ3n) is 3.02. The van der Waals surface area contributed by atoms with E-state index in [1.165, 1.54) is 0 Å². The van der Waals surface area contributed by atoms with Gasteiger partial charge in [-0.2, -0.15) is 4.99 Å². The molecule has 22 heavy (non-hydrogen) atoms. The Balaban J connectivity index is 2.10. The highest BCUT2D eigenvalue weighted by Crippen LogP contribution is 2.27. The van der Waals surface area contributed by atoms with Crippen molar-refractivity contribution in [2.75, 3.05) is 0 Å². The Labute approximate surface area is 126 Å². The Morgan fingerprint density at radius 2 is 1.73 bits per heavy atom.